The van der Waals surface area contributed by atoms with Gasteiger partial charge in [-0.05, 0) is 18.2 Å². The van der Waals surface area contributed by atoms with Crippen molar-refractivity contribution in [3.8, 4) is 0 Å². The van der Waals surface area contributed by atoms with Crippen LogP contribution in [0.4, 0.5) is 4.39 Å². The highest BCUT2D eigenvalue weighted by atomic mass is 31.2. The third kappa shape index (κ3) is 1.69. The molecular formula is C9H9FNO3P. The third-order valence-electron chi connectivity index (χ3n) is 2.24. The minimum absolute atomic E-state index is 0.139. The van der Waals surface area contributed by atoms with Gasteiger partial charge in [-0.25, -0.2) is 4.39 Å². The zero-order valence-corrected chi connectivity index (χ0v) is 8.78. The number of hydrogen-bond donors (Lipinski definition) is 2. The lowest BCUT2D eigenvalue weighted by Crippen LogP contribution is -2.01. The second-order valence-corrected chi connectivity index (χ2v) is 4.90. The molecule has 0 amide bonds. The van der Waals surface area contributed by atoms with Crippen LogP contribution in [0.5, 0.6) is 0 Å². The number of benzene rings is 1. The summed E-state index contributed by atoms with van der Waals surface area (Å²) in [5, 5.41) is 0.116. The van der Waals surface area contributed by atoms with Gasteiger partial charge < -0.3 is 14.4 Å². The summed E-state index contributed by atoms with van der Waals surface area (Å²) >= 11 is 0. The maximum absolute atomic E-state index is 13.0. The van der Waals surface area contributed by atoms with E-state index < -0.39 is 13.4 Å². The number of rotatable bonds is 1. The Morgan fingerprint density at radius 2 is 2.07 bits per heavy atom. The van der Waals surface area contributed by atoms with Crippen LogP contribution >= 0.6 is 7.60 Å². The normalized spacial score (nSPS) is 12.3. The van der Waals surface area contributed by atoms with Crippen LogP contribution in [0.15, 0.2) is 24.4 Å². The van der Waals surface area contributed by atoms with Crippen LogP contribution in [0.3, 0.4) is 0 Å². The van der Waals surface area contributed by atoms with Crippen LogP contribution in [-0.2, 0) is 11.6 Å². The van der Waals surface area contributed by atoms with Crippen LogP contribution < -0.4 is 5.30 Å². The first-order valence-corrected chi connectivity index (χ1v) is 5.81. The lowest BCUT2D eigenvalue weighted by Gasteiger charge is -2.00. The van der Waals surface area contributed by atoms with E-state index in [-0.39, 0.29) is 10.7 Å². The summed E-state index contributed by atoms with van der Waals surface area (Å²) in [6, 6.07) is 3.87. The summed E-state index contributed by atoms with van der Waals surface area (Å²) in [6.45, 7) is 0. The van der Waals surface area contributed by atoms with Crippen molar-refractivity contribution in [2.45, 2.75) is 0 Å². The molecular weight excluding hydrogens is 220 g/mol. The average molecular weight is 229 g/mol. The second kappa shape index (κ2) is 3.17. The molecule has 0 saturated heterocycles. The molecule has 2 aromatic rings. The molecule has 1 heterocycles. The van der Waals surface area contributed by atoms with E-state index in [4.69, 9.17) is 9.79 Å². The van der Waals surface area contributed by atoms with Gasteiger partial charge in [-0.15, -0.1) is 0 Å². The first-order valence-electron chi connectivity index (χ1n) is 4.20. The highest BCUT2D eigenvalue weighted by molar-refractivity contribution is 7.60. The van der Waals surface area contributed by atoms with E-state index in [1.807, 2.05) is 0 Å². The monoisotopic (exact) mass is 229 g/mol. The minimum Gasteiger partial charge on any atom is -0.350 e. The van der Waals surface area contributed by atoms with Gasteiger partial charge in [0.2, 0.25) is 0 Å². The molecule has 0 bridgehead atoms. The maximum Gasteiger partial charge on any atom is 0.358 e. The fraction of sp³-hybridized carbons (Fsp3) is 0.111. The van der Waals surface area contributed by atoms with Crippen LogP contribution in [0, 0.1) is 5.82 Å². The van der Waals surface area contributed by atoms with E-state index in [0.29, 0.717) is 5.52 Å². The maximum atomic E-state index is 13.0. The molecule has 80 valence electrons. The van der Waals surface area contributed by atoms with Crippen molar-refractivity contribution in [2.75, 3.05) is 0 Å². The third-order valence-corrected chi connectivity index (χ3v) is 3.23. The van der Waals surface area contributed by atoms with Gasteiger partial charge in [0.25, 0.3) is 0 Å². The molecule has 15 heavy (non-hydrogen) atoms. The van der Waals surface area contributed by atoms with Crippen LogP contribution in [0.25, 0.3) is 10.9 Å². The molecule has 0 fully saturated rings. The fourth-order valence-corrected chi connectivity index (χ4v) is 2.39. The summed E-state index contributed by atoms with van der Waals surface area (Å²) in [4.78, 5) is 18.1. The van der Waals surface area contributed by atoms with E-state index in [2.05, 4.69) is 0 Å². The van der Waals surface area contributed by atoms with Gasteiger partial charge in [-0.3, -0.25) is 4.57 Å². The molecule has 2 N–H and O–H groups in total. The lowest BCUT2D eigenvalue weighted by atomic mass is 10.2. The predicted molar refractivity (Wildman–Crippen MR) is 54.6 cm³/mol. The summed E-state index contributed by atoms with van der Waals surface area (Å²) in [5.74, 6) is -0.511. The van der Waals surface area contributed by atoms with Crippen LogP contribution in [0.1, 0.15) is 0 Å². The Labute approximate surface area is 85.1 Å². The summed E-state index contributed by atoms with van der Waals surface area (Å²) in [6.07, 6.45) is 1.32. The zero-order chi connectivity index (χ0) is 11.2. The topological polar surface area (TPSA) is 62.5 Å². The number of aromatic nitrogens is 1. The van der Waals surface area contributed by atoms with Crippen LogP contribution in [0.2, 0.25) is 0 Å². The van der Waals surface area contributed by atoms with E-state index >= 15 is 0 Å². The van der Waals surface area contributed by atoms with Crippen LogP contribution in [-0.4, -0.2) is 14.4 Å². The number of hydrogen-bond acceptors (Lipinski definition) is 1. The Hall–Kier alpha value is -1.16. The summed E-state index contributed by atoms with van der Waals surface area (Å²) < 4.78 is 25.6. The Bertz CT molecular complexity index is 572. The first-order chi connectivity index (χ1) is 6.89. The zero-order valence-electron chi connectivity index (χ0n) is 7.88. The van der Waals surface area contributed by atoms with Crippen molar-refractivity contribution in [1.29, 1.82) is 0 Å². The Morgan fingerprint density at radius 3 is 2.67 bits per heavy atom. The van der Waals surface area contributed by atoms with Gasteiger partial charge in [0, 0.05) is 24.1 Å². The summed E-state index contributed by atoms with van der Waals surface area (Å²) in [7, 11) is -2.70. The van der Waals surface area contributed by atoms with Gasteiger partial charge in [0.15, 0.2) is 0 Å². The molecule has 2 rings (SSSR count). The molecule has 0 atom stereocenters. The van der Waals surface area contributed by atoms with E-state index in [1.165, 1.54) is 18.3 Å². The van der Waals surface area contributed by atoms with E-state index in [9.17, 15) is 8.96 Å². The number of aryl methyl sites for hydroxylation is 1. The van der Waals surface area contributed by atoms with Gasteiger partial charge >= 0.3 is 7.60 Å². The van der Waals surface area contributed by atoms with Gasteiger partial charge in [-0.2, -0.15) is 0 Å². The van der Waals surface area contributed by atoms with E-state index in [1.54, 1.807) is 11.6 Å². The Kier molecular flexibility index (Phi) is 2.19. The molecule has 0 aliphatic heterocycles. The first kappa shape index (κ1) is 10.4. The van der Waals surface area contributed by atoms with Gasteiger partial charge in [-0.1, -0.05) is 0 Å². The molecule has 0 saturated carbocycles. The fourth-order valence-electron chi connectivity index (χ4n) is 1.58. The molecule has 0 aliphatic rings. The Balaban J connectivity index is 2.87. The smallest absolute Gasteiger partial charge is 0.350 e. The largest absolute Gasteiger partial charge is 0.358 e. The standard InChI is InChI=1S/C9H9FNO3P/c1-11-5-9(15(12,13)14)7-4-6(10)2-3-8(7)11/h2-5H,1H3,(H2,12,13,14). The van der Waals surface area contributed by atoms with E-state index in [0.717, 1.165) is 6.07 Å². The lowest BCUT2D eigenvalue weighted by molar-refractivity contribution is 0.387. The molecule has 0 aliphatic carbocycles. The molecule has 6 heteroatoms. The molecule has 0 spiro atoms. The van der Waals surface area contributed by atoms with Crippen molar-refractivity contribution in [2.24, 2.45) is 7.05 Å². The molecule has 1 aromatic carbocycles. The average Bonchev–Trinajstić information content (AvgIpc) is 2.42. The van der Waals surface area contributed by atoms with Crippen molar-refractivity contribution in [1.82, 2.24) is 4.57 Å². The molecule has 0 radical (unpaired) electrons. The molecule has 4 nitrogen and oxygen atoms in total. The summed E-state index contributed by atoms with van der Waals surface area (Å²) in [5.41, 5.74) is 0.592. The quantitative estimate of drug-likeness (QED) is 0.720. The van der Waals surface area contributed by atoms with Crippen molar-refractivity contribution in [3.63, 3.8) is 0 Å². The second-order valence-electron chi connectivity index (χ2n) is 3.33. The predicted octanol–water partition coefficient (Wildman–Crippen LogP) is 1.12. The minimum atomic E-state index is -4.35. The van der Waals surface area contributed by atoms with Gasteiger partial charge in [0.05, 0.1) is 5.30 Å². The van der Waals surface area contributed by atoms with Gasteiger partial charge in [0.1, 0.15) is 5.82 Å². The highest BCUT2D eigenvalue weighted by Gasteiger charge is 2.23. The number of fused-ring (bicyclic) bond motifs is 1. The molecule has 0 unspecified atom stereocenters. The Morgan fingerprint density at radius 1 is 1.40 bits per heavy atom. The van der Waals surface area contributed by atoms with Crippen molar-refractivity contribution < 1.29 is 18.7 Å². The number of nitrogens with zero attached hydrogens (tertiary/aromatic N) is 1. The number of halogens is 1. The highest BCUT2D eigenvalue weighted by Crippen LogP contribution is 2.37. The molecule has 1 aromatic heterocycles. The SMILES string of the molecule is Cn1cc(P(=O)(O)O)c2cc(F)ccc21. The van der Waals surface area contributed by atoms with Crippen molar-refractivity contribution >= 4 is 23.8 Å². The van der Waals surface area contributed by atoms with Crippen molar-refractivity contribution in [3.05, 3.63) is 30.2 Å².